The summed E-state index contributed by atoms with van der Waals surface area (Å²) >= 11 is 0. The number of benzene rings is 2. The third-order valence-corrected chi connectivity index (χ3v) is 7.44. The first-order valence-electron chi connectivity index (χ1n) is 13.2. The van der Waals surface area contributed by atoms with Crippen molar-refractivity contribution < 1.29 is 79.5 Å². The summed E-state index contributed by atoms with van der Waals surface area (Å²) in [6.07, 6.45) is -16.5. The topological polar surface area (TPSA) is 290 Å². The van der Waals surface area contributed by atoms with E-state index in [0.29, 0.717) is 0 Å². The Morgan fingerprint density at radius 1 is 0.727 bits per heavy atom. The summed E-state index contributed by atoms with van der Waals surface area (Å²) in [6.45, 7) is 0.770. The third-order valence-electron chi connectivity index (χ3n) is 7.44. The third kappa shape index (κ3) is 5.45. The largest absolute Gasteiger partial charge is 0.504 e. The van der Waals surface area contributed by atoms with Gasteiger partial charge >= 0.3 is 0 Å². The summed E-state index contributed by atoms with van der Waals surface area (Å²) in [5.74, 6) is -5.45. The van der Waals surface area contributed by atoms with E-state index in [-0.39, 0.29) is 5.56 Å². The van der Waals surface area contributed by atoms with Crippen LogP contribution in [0.2, 0.25) is 0 Å². The fraction of sp³-hybridized carbons (Fsp3) is 0.444. The van der Waals surface area contributed by atoms with Crippen molar-refractivity contribution in [1.29, 1.82) is 0 Å². The number of phenols is 5. The Morgan fingerprint density at radius 3 is 2.07 bits per heavy atom. The monoisotopic (exact) mass is 626 g/mol. The first kappa shape index (κ1) is 31.5. The Kier molecular flexibility index (Phi) is 8.51. The van der Waals surface area contributed by atoms with E-state index >= 15 is 0 Å². The minimum Gasteiger partial charge on any atom is -0.504 e. The molecule has 3 aromatic rings. The number of fused-ring (bicyclic) bond motifs is 1. The molecule has 240 valence electrons. The van der Waals surface area contributed by atoms with Gasteiger partial charge in [-0.25, -0.2) is 0 Å². The van der Waals surface area contributed by atoms with Crippen LogP contribution in [0.1, 0.15) is 6.92 Å². The molecule has 2 aliphatic rings. The van der Waals surface area contributed by atoms with Gasteiger partial charge in [0.25, 0.3) is 0 Å². The summed E-state index contributed by atoms with van der Waals surface area (Å²) in [4.78, 5) is 13.6. The first-order chi connectivity index (χ1) is 20.7. The fourth-order valence-corrected chi connectivity index (χ4v) is 4.86. The molecule has 17 heteroatoms. The van der Waals surface area contributed by atoms with Crippen LogP contribution in [-0.4, -0.2) is 124 Å². The van der Waals surface area contributed by atoms with Crippen molar-refractivity contribution in [3.63, 3.8) is 0 Å². The predicted molar refractivity (Wildman–Crippen MR) is 142 cm³/mol. The molecule has 2 aliphatic heterocycles. The molecule has 1 aromatic heterocycles. The Labute approximate surface area is 246 Å². The Hall–Kier alpha value is -3.91. The molecule has 0 unspecified atom stereocenters. The van der Waals surface area contributed by atoms with Gasteiger partial charge in [-0.05, 0) is 25.1 Å². The van der Waals surface area contributed by atoms with Crippen molar-refractivity contribution in [1.82, 2.24) is 0 Å². The van der Waals surface area contributed by atoms with Crippen LogP contribution >= 0.6 is 0 Å². The quantitative estimate of drug-likeness (QED) is 0.132. The van der Waals surface area contributed by atoms with Crippen LogP contribution < -0.4 is 10.2 Å². The number of phenolic OH excluding ortho intramolecular Hbond substituents is 5. The number of ether oxygens (including phenoxy) is 4. The molecule has 11 N–H and O–H groups in total. The van der Waals surface area contributed by atoms with Gasteiger partial charge in [0.1, 0.15) is 53.7 Å². The van der Waals surface area contributed by atoms with Crippen LogP contribution in [0, 0.1) is 0 Å². The molecule has 0 spiro atoms. The number of rotatable bonds is 6. The smallest absolute Gasteiger partial charge is 0.239 e. The fourth-order valence-electron chi connectivity index (χ4n) is 4.86. The average molecular weight is 627 g/mol. The van der Waals surface area contributed by atoms with Gasteiger partial charge in [-0.3, -0.25) is 4.79 Å². The molecule has 3 heterocycles. The van der Waals surface area contributed by atoms with Gasteiger partial charge in [0, 0.05) is 11.6 Å². The first-order valence-corrected chi connectivity index (χ1v) is 13.2. The van der Waals surface area contributed by atoms with Crippen LogP contribution in [-0.2, 0) is 14.2 Å². The Morgan fingerprint density at radius 2 is 1.39 bits per heavy atom. The minimum atomic E-state index is -2.02. The predicted octanol–water partition coefficient (Wildman–Crippen LogP) is -1.98. The van der Waals surface area contributed by atoms with Gasteiger partial charge in [-0.2, -0.15) is 0 Å². The maximum atomic E-state index is 13.6. The Bertz CT molecular complexity index is 1590. The maximum Gasteiger partial charge on any atom is 0.239 e. The second-order valence-corrected chi connectivity index (χ2v) is 10.4. The van der Waals surface area contributed by atoms with Crippen LogP contribution in [0.15, 0.2) is 33.5 Å². The molecule has 0 amide bonds. The Balaban J connectivity index is 1.50. The van der Waals surface area contributed by atoms with E-state index in [4.69, 9.17) is 23.4 Å². The van der Waals surface area contributed by atoms with Crippen molar-refractivity contribution in [2.24, 2.45) is 0 Å². The zero-order chi connectivity index (χ0) is 32.2. The van der Waals surface area contributed by atoms with E-state index in [0.717, 1.165) is 18.2 Å². The van der Waals surface area contributed by atoms with E-state index in [1.807, 2.05) is 0 Å². The van der Waals surface area contributed by atoms with E-state index in [1.54, 1.807) is 0 Å². The summed E-state index contributed by atoms with van der Waals surface area (Å²) in [5, 5.41) is 111. The highest BCUT2D eigenvalue weighted by atomic mass is 16.7. The molecule has 0 aliphatic carbocycles. The standard InChI is InChI=1S/C27H30O17/c1-7-15(31)20(36)22(38)26(41-7)40-6-13-17(33)21(37)23(39)27(43-13)44-25-19(35)14-12(5-11(30)16(32)18(14)34)42-24(25)8-2-3-9(28)10(29)4-8/h2-5,7,13,15,17,20-23,26-34,36-39H,6H2,1H3/t7-,13+,15-,17+,20+,21-,22+,23+,26+,27+/m0/s1. The molecule has 0 saturated carbocycles. The minimum absolute atomic E-state index is 0.0922. The van der Waals surface area contributed by atoms with Gasteiger partial charge in [0.2, 0.25) is 23.2 Å². The molecule has 5 rings (SSSR count). The van der Waals surface area contributed by atoms with Crippen molar-refractivity contribution in [2.45, 2.75) is 68.3 Å². The molecular formula is C27H30O17. The molecule has 0 bridgehead atoms. The number of hydrogen-bond donors (Lipinski definition) is 11. The molecule has 44 heavy (non-hydrogen) atoms. The molecule has 0 radical (unpaired) electrons. The van der Waals surface area contributed by atoms with Crippen LogP contribution in [0.25, 0.3) is 22.3 Å². The average Bonchev–Trinajstić information content (AvgIpc) is 2.99. The molecule has 2 aromatic carbocycles. The maximum absolute atomic E-state index is 13.6. The highest BCUT2D eigenvalue weighted by Gasteiger charge is 2.48. The zero-order valence-corrected chi connectivity index (χ0v) is 22.7. The van der Waals surface area contributed by atoms with Crippen molar-refractivity contribution in [3.05, 3.63) is 34.5 Å². The van der Waals surface area contributed by atoms with Crippen LogP contribution in [0.5, 0.6) is 34.5 Å². The van der Waals surface area contributed by atoms with Gasteiger partial charge in [0.05, 0.1) is 12.7 Å². The highest BCUT2D eigenvalue weighted by molar-refractivity contribution is 5.91. The van der Waals surface area contributed by atoms with Crippen LogP contribution in [0.4, 0.5) is 0 Å². The summed E-state index contributed by atoms with van der Waals surface area (Å²) in [6, 6.07) is 4.03. The van der Waals surface area contributed by atoms with E-state index in [9.17, 15) is 61.0 Å². The lowest BCUT2D eigenvalue weighted by atomic mass is 9.98. The van der Waals surface area contributed by atoms with E-state index in [1.165, 1.54) is 13.0 Å². The molecular weight excluding hydrogens is 596 g/mol. The number of aliphatic hydroxyl groups is 6. The van der Waals surface area contributed by atoms with Crippen molar-refractivity contribution >= 4 is 11.0 Å². The molecule has 17 nitrogen and oxygen atoms in total. The van der Waals surface area contributed by atoms with Crippen molar-refractivity contribution in [2.75, 3.05) is 6.61 Å². The highest BCUT2D eigenvalue weighted by Crippen LogP contribution is 2.44. The summed E-state index contributed by atoms with van der Waals surface area (Å²) in [5.41, 5.74) is -1.71. The van der Waals surface area contributed by atoms with Gasteiger partial charge in [-0.1, -0.05) is 0 Å². The molecule has 2 saturated heterocycles. The van der Waals surface area contributed by atoms with Gasteiger partial charge in [-0.15, -0.1) is 0 Å². The summed E-state index contributed by atoms with van der Waals surface area (Å²) in [7, 11) is 0. The lowest BCUT2D eigenvalue weighted by Gasteiger charge is -2.42. The lowest BCUT2D eigenvalue weighted by Crippen LogP contribution is -2.61. The second-order valence-electron chi connectivity index (χ2n) is 10.4. The normalized spacial score (nSPS) is 32.5. The summed E-state index contributed by atoms with van der Waals surface area (Å²) < 4.78 is 27.7. The number of hydrogen-bond acceptors (Lipinski definition) is 17. The van der Waals surface area contributed by atoms with E-state index in [2.05, 4.69) is 0 Å². The van der Waals surface area contributed by atoms with Gasteiger partial charge < -0.3 is 79.5 Å². The number of aromatic hydroxyl groups is 5. The molecule has 2 fully saturated rings. The van der Waals surface area contributed by atoms with Crippen molar-refractivity contribution in [3.8, 4) is 45.8 Å². The lowest BCUT2D eigenvalue weighted by molar-refractivity contribution is -0.318. The van der Waals surface area contributed by atoms with Gasteiger partial charge in [0.15, 0.2) is 35.0 Å². The number of aliphatic hydroxyl groups excluding tert-OH is 6. The zero-order valence-electron chi connectivity index (χ0n) is 22.7. The van der Waals surface area contributed by atoms with Crippen LogP contribution in [0.3, 0.4) is 0 Å². The SMILES string of the molecule is C[C@@H]1O[C@@H](OC[C@H]2O[C@H](Oc3c(-c4ccc(O)c(O)c4)oc4cc(O)c(O)c(O)c4c3=O)[C@H](O)[C@@H](O)[C@@H]2O)[C@H](O)[C@H](O)[C@H]1O. The second kappa shape index (κ2) is 11.9. The van der Waals surface area contributed by atoms with E-state index < -0.39 is 125 Å². The molecule has 10 atom stereocenters.